The number of methoxy groups -OCH3 is 1. The SMILES string of the molecule is C=NC(=NC)c1ccc2[nH]nc(C(/C=C(/CC)C(=C)OC)=C/C)c2c1. The first-order valence-corrected chi connectivity index (χ1v) is 8.12. The molecule has 0 aliphatic carbocycles. The Kier molecular flexibility index (Phi) is 6.06. The van der Waals surface area contributed by atoms with Crippen LogP contribution >= 0.6 is 0 Å². The van der Waals surface area contributed by atoms with Crippen molar-refractivity contribution in [1.29, 1.82) is 0 Å². The molecule has 0 spiro atoms. The molecule has 25 heavy (non-hydrogen) atoms. The summed E-state index contributed by atoms with van der Waals surface area (Å²) in [5.74, 6) is 1.27. The Hall–Kier alpha value is -2.95. The standard InChI is InChI=1S/C20H24N4O/c1-7-14(13(3)25-6)11-15(8-2)19-17-12-16(20(21-4)22-5)9-10-18(17)23-24-19/h8-12H,3-4,7H2,1-2,5-6H3,(H,23,24)/b14-11-,15-8+,22-20?. The molecule has 2 rings (SSSR count). The molecule has 1 aromatic carbocycles. The first-order chi connectivity index (χ1) is 12.1. The third-order valence-electron chi connectivity index (χ3n) is 4.08. The number of rotatable bonds is 6. The Bertz CT molecular complexity index is 884. The molecular weight excluding hydrogens is 312 g/mol. The van der Waals surface area contributed by atoms with Gasteiger partial charge in [-0.25, -0.2) is 4.99 Å². The molecule has 5 heteroatoms. The number of aliphatic imine (C=N–C) groups is 2. The highest BCUT2D eigenvalue weighted by molar-refractivity contribution is 6.05. The predicted octanol–water partition coefficient (Wildman–Crippen LogP) is 4.54. The number of aromatic nitrogens is 2. The fraction of sp³-hybridized carbons (Fsp3) is 0.250. The van der Waals surface area contributed by atoms with Gasteiger partial charge < -0.3 is 4.74 Å². The first-order valence-electron chi connectivity index (χ1n) is 8.12. The smallest absolute Gasteiger partial charge is 0.153 e. The van der Waals surface area contributed by atoms with Crippen LogP contribution < -0.4 is 0 Å². The molecule has 2 aromatic rings. The van der Waals surface area contributed by atoms with Crippen molar-refractivity contribution in [3.8, 4) is 0 Å². The number of amidine groups is 1. The van der Waals surface area contributed by atoms with E-state index >= 15 is 0 Å². The number of H-pyrrole nitrogens is 1. The Morgan fingerprint density at radius 3 is 2.72 bits per heavy atom. The van der Waals surface area contributed by atoms with Gasteiger partial charge in [-0.3, -0.25) is 10.1 Å². The molecule has 0 aliphatic rings. The minimum atomic E-state index is 0.605. The third kappa shape index (κ3) is 3.76. The van der Waals surface area contributed by atoms with E-state index in [1.54, 1.807) is 14.2 Å². The van der Waals surface area contributed by atoms with Gasteiger partial charge in [0.1, 0.15) is 5.76 Å². The van der Waals surface area contributed by atoms with Crippen LogP contribution in [-0.2, 0) is 4.74 Å². The van der Waals surface area contributed by atoms with E-state index in [0.29, 0.717) is 11.6 Å². The summed E-state index contributed by atoms with van der Waals surface area (Å²) < 4.78 is 5.28. The third-order valence-corrected chi connectivity index (χ3v) is 4.08. The van der Waals surface area contributed by atoms with Crippen molar-refractivity contribution in [2.45, 2.75) is 20.3 Å². The van der Waals surface area contributed by atoms with Crippen molar-refractivity contribution in [3.05, 3.63) is 59.5 Å². The van der Waals surface area contributed by atoms with Gasteiger partial charge in [0.15, 0.2) is 5.84 Å². The second-order valence-corrected chi connectivity index (χ2v) is 5.43. The Balaban J connectivity index is 2.59. The molecular formula is C20H24N4O. The van der Waals surface area contributed by atoms with Gasteiger partial charge in [-0.1, -0.05) is 19.6 Å². The molecule has 0 amide bonds. The van der Waals surface area contributed by atoms with Crippen molar-refractivity contribution in [2.75, 3.05) is 14.2 Å². The molecule has 1 heterocycles. The maximum absolute atomic E-state index is 5.28. The Labute approximate surface area is 148 Å². The summed E-state index contributed by atoms with van der Waals surface area (Å²) in [6, 6.07) is 5.96. The molecule has 5 nitrogen and oxygen atoms in total. The molecule has 130 valence electrons. The summed E-state index contributed by atoms with van der Waals surface area (Å²) in [6.45, 7) is 11.6. The van der Waals surface area contributed by atoms with Crippen LogP contribution in [0, 0.1) is 0 Å². The van der Waals surface area contributed by atoms with Crippen LogP contribution in [0.1, 0.15) is 31.5 Å². The van der Waals surface area contributed by atoms with E-state index in [2.05, 4.69) is 46.5 Å². The zero-order valence-electron chi connectivity index (χ0n) is 15.3. The Morgan fingerprint density at radius 2 is 2.16 bits per heavy atom. The molecule has 0 aliphatic heterocycles. The highest BCUT2D eigenvalue weighted by Gasteiger charge is 2.12. The number of aromatic amines is 1. The minimum absolute atomic E-state index is 0.605. The molecule has 1 aromatic heterocycles. The lowest BCUT2D eigenvalue weighted by Gasteiger charge is -2.08. The second-order valence-electron chi connectivity index (χ2n) is 5.43. The number of benzene rings is 1. The summed E-state index contributed by atoms with van der Waals surface area (Å²) >= 11 is 0. The van der Waals surface area contributed by atoms with Crippen LogP contribution in [0.3, 0.4) is 0 Å². The maximum atomic E-state index is 5.28. The fourth-order valence-corrected chi connectivity index (χ4v) is 2.65. The van der Waals surface area contributed by atoms with Crippen molar-refractivity contribution < 1.29 is 4.74 Å². The summed E-state index contributed by atoms with van der Waals surface area (Å²) in [6.07, 6.45) is 4.92. The van der Waals surface area contributed by atoms with Crippen LogP contribution in [0.4, 0.5) is 0 Å². The van der Waals surface area contributed by atoms with Crippen molar-refractivity contribution in [2.24, 2.45) is 9.98 Å². The summed E-state index contributed by atoms with van der Waals surface area (Å²) in [5.41, 5.74) is 4.76. The largest absolute Gasteiger partial charge is 0.497 e. The molecule has 0 saturated carbocycles. The summed E-state index contributed by atoms with van der Waals surface area (Å²) in [5, 5.41) is 8.58. The maximum Gasteiger partial charge on any atom is 0.153 e. The number of ether oxygens (including phenoxy) is 1. The van der Waals surface area contributed by atoms with Gasteiger partial charge in [0, 0.05) is 18.0 Å². The van der Waals surface area contributed by atoms with Gasteiger partial charge in [-0.15, -0.1) is 0 Å². The average Bonchev–Trinajstić information content (AvgIpc) is 3.06. The van der Waals surface area contributed by atoms with E-state index in [9.17, 15) is 0 Å². The van der Waals surface area contributed by atoms with Crippen molar-refractivity contribution in [1.82, 2.24) is 10.2 Å². The lowest BCUT2D eigenvalue weighted by atomic mass is 10.0. The van der Waals surface area contributed by atoms with Crippen LogP contribution in [0.2, 0.25) is 0 Å². The minimum Gasteiger partial charge on any atom is -0.497 e. The second kappa shape index (κ2) is 8.24. The van der Waals surface area contributed by atoms with Crippen LogP contribution in [0.15, 0.2) is 58.2 Å². The number of hydrogen-bond acceptors (Lipinski definition) is 3. The van der Waals surface area contributed by atoms with E-state index < -0.39 is 0 Å². The van der Waals surface area contributed by atoms with Gasteiger partial charge >= 0.3 is 0 Å². The topological polar surface area (TPSA) is 62.6 Å². The van der Waals surface area contributed by atoms with E-state index in [1.165, 1.54) is 0 Å². The summed E-state index contributed by atoms with van der Waals surface area (Å²) in [4.78, 5) is 8.13. The van der Waals surface area contributed by atoms with E-state index in [1.807, 2.05) is 31.2 Å². The molecule has 0 saturated heterocycles. The van der Waals surface area contributed by atoms with Crippen LogP contribution in [-0.4, -0.2) is 36.9 Å². The van der Waals surface area contributed by atoms with Gasteiger partial charge in [-0.2, -0.15) is 5.10 Å². The van der Waals surface area contributed by atoms with E-state index in [4.69, 9.17) is 4.74 Å². The fourth-order valence-electron chi connectivity index (χ4n) is 2.65. The number of hydrogen-bond donors (Lipinski definition) is 1. The number of allylic oxidation sites excluding steroid dienone is 4. The van der Waals surface area contributed by atoms with Gasteiger partial charge in [0.2, 0.25) is 0 Å². The zero-order chi connectivity index (χ0) is 18.4. The van der Waals surface area contributed by atoms with E-state index in [0.717, 1.165) is 39.7 Å². The lowest BCUT2D eigenvalue weighted by molar-refractivity contribution is 0.301. The zero-order valence-corrected chi connectivity index (χ0v) is 15.3. The highest BCUT2D eigenvalue weighted by Crippen LogP contribution is 2.27. The predicted molar refractivity (Wildman–Crippen MR) is 106 cm³/mol. The molecule has 0 fully saturated rings. The quantitative estimate of drug-likeness (QED) is 0.364. The van der Waals surface area contributed by atoms with E-state index in [-0.39, 0.29) is 0 Å². The number of nitrogens with one attached hydrogen (secondary N) is 1. The molecule has 0 atom stereocenters. The monoisotopic (exact) mass is 336 g/mol. The molecule has 0 bridgehead atoms. The van der Waals surface area contributed by atoms with Gasteiger partial charge in [0.25, 0.3) is 0 Å². The molecule has 1 N–H and O–H groups in total. The highest BCUT2D eigenvalue weighted by atomic mass is 16.5. The van der Waals surface area contributed by atoms with Crippen molar-refractivity contribution in [3.63, 3.8) is 0 Å². The molecule has 0 unspecified atom stereocenters. The summed E-state index contributed by atoms with van der Waals surface area (Å²) in [7, 11) is 3.33. The average molecular weight is 336 g/mol. The number of nitrogens with zero attached hydrogens (tertiary/aromatic N) is 3. The first kappa shape index (κ1) is 18.4. The van der Waals surface area contributed by atoms with Crippen LogP contribution in [0.5, 0.6) is 0 Å². The van der Waals surface area contributed by atoms with Crippen molar-refractivity contribution >= 4 is 29.0 Å². The molecule has 0 radical (unpaired) electrons. The lowest BCUT2D eigenvalue weighted by Crippen LogP contribution is -1.96. The number of fused-ring (bicyclic) bond motifs is 1. The Morgan fingerprint density at radius 1 is 1.40 bits per heavy atom. The van der Waals surface area contributed by atoms with Gasteiger partial charge in [-0.05, 0) is 55.5 Å². The van der Waals surface area contributed by atoms with Gasteiger partial charge in [0.05, 0.1) is 18.3 Å². The van der Waals surface area contributed by atoms with Crippen LogP contribution in [0.25, 0.3) is 16.5 Å². The normalized spacial score (nSPS) is 13.2.